The molecule has 2 aromatic carbocycles. The van der Waals surface area contributed by atoms with Gasteiger partial charge in [-0.3, -0.25) is 0 Å². The minimum Gasteiger partial charge on any atom is -0.496 e. The van der Waals surface area contributed by atoms with E-state index in [-0.39, 0.29) is 0 Å². The lowest BCUT2D eigenvalue weighted by molar-refractivity contribution is 0.296. The Bertz CT molecular complexity index is 612. The van der Waals surface area contributed by atoms with Gasteiger partial charge in [-0.2, -0.15) is 5.26 Å². The van der Waals surface area contributed by atoms with Crippen LogP contribution in [0.15, 0.2) is 42.5 Å². The molecule has 0 atom stereocenters. The van der Waals surface area contributed by atoms with Crippen molar-refractivity contribution in [2.75, 3.05) is 7.11 Å². The molecule has 0 bridgehead atoms. The summed E-state index contributed by atoms with van der Waals surface area (Å²) in [5, 5.41) is 8.63. The van der Waals surface area contributed by atoms with Crippen LogP contribution in [-0.4, -0.2) is 7.11 Å². The van der Waals surface area contributed by atoms with Crippen molar-refractivity contribution in [3.63, 3.8) is 0 Å². The van der Waals surface area contributed by atoms with Crippen LogP contribution in [0.4, 0.5) is 0 Å². The summed E-state index contributed by atoms with van der Waals surface area (Å²) in [5.74, 6) is 1.62. The smallest absolute Gasteiger partial charge is 0.125 e. The normalized spacial score (nSPS) is 9.85. The van der Waals surface area contributed by atoms with Crippen molar-refractivity contribution < 1.29 is 9.47 Å². The highest BCUT2D eigenvalue weighted by atomic mass is 16.5. The van der Waals surface area contributed by atoms with Gasteiger partial charge in [0.15, 0.2) is 0 Å². The quantitative estimate of drug-likeness (QED) is 0.830. The highest BCUT2D eigenvalue weighted by Gasteiger charge is 2.04. The fourth-order valence-electron chi connectivity index (χ4n) is 1.98. The second kappa shape index (κ2) is 6.63. The molecule has 3 nitrogen and oxygen atoms in total. The molecule has 0 amide bonds. The van der Waals surface area contributed by atoms with Crippen molar-refractivity contribution >= 4 is 0 Å². The molecule has 2 aromatic rings. The number of hydrogen-bond acceptors (Lipinski definition) is 3. The van der Waals surface area contributed by atoms with Crippen molar-refractivity contribution in [3.8, 4) is 17.6 Å². The first-order chi connectivity index (χ1) is 9.72. The molecule has 3 heteroatoms. The Morgan fingerprint density at radius 3 is 2.50 bits per heavy atom. The van der Waals surface area contributed by atoms with Gasteiger partial charge in [-0.15, -0.1) is 0 Å². The average molecular weight is 267 g/mol. The molecular formula is C17H17NO2. The van der Waals surface area contributed by atoms with Gasteiger partial charge in [-0.25, -0.2) is 0 Å². The Kier molecular flexibility index (Phi) is 4.62. The van der Waals surface area contributed by atoms with E-state index in [0.717, 1.165) is 22.6 Å². The van der Waals surface area contributed by atoms with Crippen molar-refractivity contribution in [1.29, 1.82) is 5.26 Å². The van der Waals surface area contributed by atoms with E-state index in [1.807, 2.05) is 43.3 Å². The Hall–Kier alpha value is -2.47. The van der Waals surface area contributed by atoms with Crippen molar-refractivity contribution in [2.45, 2.75) is 20.0 Å². The predicted octanol–water partition coefficient (Wildman–Crippen LogP) is 3.65. The van der Waals surface area contributed by atoms with Crippen molar-refractivity contribution in [3.05, 3.63) is 59.2 Å². The van der Waals surface area contributed by atoms with Crippen LogP contribution in [0.5, 0.6) is 11.5 Å². The number of ether oxygens (including phenoxy) is 2. The van der Waals surface area contributed by atoms with Gasteiger partial charge in [0.1, 0.15) is 18.1 Å². The molecule has 0 spiro atoms. The molecule has 0 fully saturated rings. The molecule has 0 radical (unpaired) electrons. The molecule has 0 aromatic heterocycles. The fourth-order valence-corrected chi connectivity index (χ4v) is 1.98. The highest BCUT2D eigenvalue weighted by molar-refractivity contribution is 5.37. The molecule has 0 saturated carbocycles. The number of aryl methyl sites for hydroxylation is 1. The van der Waals surface area contributed by atoms with Gasteiger partial charge < -0.3 is 9.47 Å². The zero-order valence-corrected chi connectivity index (χ0v) is 11.7. The molecule has 0 heterocycles. The second-order valence-corrected chi connectivity index (χ2v) is 4.58. The van der Waals surface area contributed by atoms with Gasteiger partial charge in [-0.05, 0) is 36.8 Å². The van der Waals surface area contributed by atoms with Crippen LogP contribution >= 0.6 is 0 Å². The van der Waals surface area contributed by atoms with E-state index < -0.39 is 0 Å². The largest absolute Gasteiger partial charge is 0.496 e. The molecule has 0 aliphatic carbocycles. The Labute approximate surface area is 119 Å². The third-order valence-electron chi connectivity index (χ3n) is 3.04. The molecule has 2 rings (SSSR count). The summed E-state index contributed by atoms with van der Waals surface area (Å²) in [6, 6.07) is 15.7. The fraction of sp³-hybridized carbons (Fsp3) is 0.235. The first-order valence-electron chi connectivity index (χ1n) is 6.45. The Morgan fingerprint density at radius 1 is 1.10 bits per heavy atom. The van der Waals surface area contributed by atoms with E-state index >= 15 is 0 Å². The second-order valence-electron chi connectivity index (χ2n) is 4.58. The highest BCUT2D eigenvalue weighted by Crippen LogP contribution is 2.22. The molecule has 0 unspecified atom stereocenters. The van der Waals surface area contributed by atoms with E-state index in [2.05, 4.69) is 12.1 Å². The summed E-state index contributed by atoms with van der Waals surface area (Å²) >= 11 is 0. The van der Waals surface area contributed by atoms with E-state index in [1.165, 1.54) is 5.56 Å². The number of nitrogens with zero attached hydrogens (tertiary/aromatic N) is 1. The SMILES string of the molecule is COc1ccc(C)cc1COc1ccc(CC#N)cc1. The molecule has 0 aliphatic rings. The maximum absolute atomic E-state index is 8.63. The van der Waals surface area contributed by atoms with Gasteiger partial charge in [0, 0.05) is 5.56 Å². The van der Waals surface area contributed by atoms with Crippen LogP contribution in [0.2, 0.25) is 0 Å². The zero-order valence-electron chi connectivity index (χ0n) is 11.7. The summed E-state index contributed by atoms with van der Waals surface area (Å²) in [4.78, 5) is 0. The summed E-state index contributed by atoms with van der Waals surface area (Å²) < 4.78 is 11.1. The van der Waals surface area contributed by atoms with Crippen molar-refractivity contribution in [1.82, 2.24) is 0 Å². The monoisotopic (exact) mass is 267 g/mol. The van der Waals surface area contributed by atoms with Crippen LogP contribution in [0.25, 0.3) is 0 Å². The first kappa shape index (κ1) is 14.0. The van der Waals surface area contributed by atoms with E-state index in [9.17, 15) is 0 Å². The van der Waals surface area contributed by atoms with Gasteiger partial charge in [-0.1, -0.05) is 23.8 Å². The van der Waals surface area contributed by atoms with E-state index in [1.54, 1.807) is 7.11 Å². The van der Waals surface area contributed by atoms with Crippen LogP contribution in [0.3, 0.4) is 0 Å². The van der Waals surface area contributed by atoms with Crippen LogP contribution in [0.1, 0.15) is 16.7 Å². The maximum Gasteiger partial charge on any atom is 0.125 e. The molecular weight excluding hydrogens is 250 g/mol. The number of hydrogen-bond donors (Lipinski definition) is 0. The topological polar surface area (TPSA) is 42.2 Å². The number of methoxy groups -OCH3 is 1. The minimum atomic E-state index is 0.423. The van der Waals surface area contributed by atoms with Crippen LogP contribution in [-0.2, 0) is 13.0 Å². The summed E-state index contributed by atoms with van der Waals surface area (Å²) in [6.45, 7) is 2.50. The average Bonchev–Trinajstić information content (AvgIpc) is 2.47. The molecule has 0 aliphatic heterocycles. The third-order valence-corrected chi connectivity index (χ3v) is 3.04. The third kappa shape index (κ3) is 3.52. The number of benzene rings is 2. The Balaban J connectivity index is 2.05. The Morgan fingerprint density at radius 2 is 1.85 bits per heavy atom. The lowest BCUT2D eigenvalue weighted by atomic mass is 10.1. The minimum absolute atomic E-state index is 0.423. The lowest BCUT2D eigenvalue weighted by Gasteiger charge is -2.11. The molecule has 0 saturated heterocycles. The first-order valence-corrected chi connectivity index (χ1v) is 6.45. The van der Waals surface area contributed by atoms with Crippen molar-refractivity contribution in [2.24, 2.45) is 0 Å². The van der Waals surface area contributed by atoms with Gasteiger partial charge in [0.05, 0.1) is 19.6 Å². The molecule has 20 heavy (non-hydrogen) atoms. The van der Waals surface area contributed by atoms with Gasteiger partial charge >= 0.3 is 0 Å². The maximum atomic E-state index is 8.63. The summed E-state index contributed by atoms with van der Waals surface area (Å²) in [5.41, 5.74) is 3.19. The zero-order chi connectivity index (χ0) is 14.4. The molecule has 0 N–H and O–H groups in total. The lowest BCUT2D eigenvalue weighted by Crippen LogP contribution is -1.99. The van der Waals surface area contributed by atoms with Gasteiger partial charge in [0.25, 0.3) is 0 Å². The summed E-state index contributed by atoms with van der Waals surface area (Å²) in [7, 11) is 1.66. The number of nitriles is 1. The number of rotatable bonds is 5. The standard InChI is InChI=1S/C17H17NO2/c1-13-3-8-17(19-2)15(11-13)12-20-16-6-4-14(5-7-16)9-10-18/h3-8,11H,9,12H2,1-2H3. The van der Waals surface area contributed by atoms with E-state index in [0.29, 0.717) is 13.0 Å². The predicted molar refractivity (Wildman–Crippen MR) is 77.8 cm³/mol. The van der Waals surface area contributed by atoms with Gasteiger partial charge in [0.2, 0.25) is 0 Å². The van der Waals surface area contributed by atoms with E-state index in [4.69, 9.17) is 14.7 Å². The van der Waals surface area contributed by atoms with Crippen LogP contribution in [0, 0.1) is 18.3 Å². The van der Waals surface area contributed by atoms with Crippen LogP contribution < -0.4 is 9.47 Å². The summed E-state index contributed by atoms with van der Waals surface area (Å²) in [6.07, 6.45) is 0.423. The molecule has 102 valence electrons.